The average Bonchev–Trinajstić information content (AvgIpc) is 3.66. The summed E-state index contributed by atoms with van der Waals surface area (Å²) in [4.78, 5) is 99.1. The number of hydroxylamine groups is 2. The van der Waals surface area contributed by atoms with Crippen molar-refractivity contribution in [3.05, 3.63) is 71.6 Å². The second-order valence-electron chi connectivity index (χ2n) is 17.2. The van der Waals surface area contributed by atoms with Gasteiger partial charge in [0, 0.05) is 118 Å². The van der Waals surface area contributed by atoms with Gasteiger partial charge in [0.2, 0.25) is 23.1 Å². The van der Waals surface area contributed by atoms with Crippen LogP contribution in [-0.4, -0.2) is 140 Å². The van der Waals surface area contributed by atoms with Crippen LogP contribution in [0.1, 0.15) is 95.8 Å². The molecule has 2 N–H and O–H groups in total. The maximum Gasteiger partial charge on any atom is 0.333 e. The summed E-state index contributed by atoms with van der Waals surface area (Å²) in [5.41, 5.74) is 4.85. The Bertz CT molecular complexity index is 2720. The zero-order valence-corrected chi connectivity index (χ0v) is 41.1. The number of carbonyl (C=O) groups excluding carboxylic acids is 7. The van der Waals surface area contributed by atoms with E-state index in [-0.39, 0.29) is 69.7 Å². The van der Waals surface area contributed by atoms with Gasteiger partial charge in [-0.25, -0.2) is 17.8 Å². The number of nitrogens with zero attached hydrogens (tertiary/aromatic N) is 5. The molecule has 2 aromatic carbocycles. The molecule has 2 aromatic rings. The summed E-state index contributed by atoms with van der Waals surface area (Å²) < 4.78 is 43.6. The van der Waals surface area contributed by atoms with Crippen molar-refractivity contribution in [2.24, 2.45) is 0 Å². The SMILES string of the molecule is CCN(CC)c1ccc2c(-c3ccccc3C(=O)N3CCN(C(=O)CCCCC(=O)N[C@@H](CS(=O)(=O)[O-])C(=O)NCCCCC(=O)ON4C(=O)CCC4=O)CC3)c3ccc(=[N+](CC)CC)cc-3oc2c1. The molecule has 4 aliphatic rings. The third-order valence-corrected chi connectivity index (χ3v) is 13.4. The van der Waals surface area contributed by atoms with Crippen LogP contribution in [0.25, 0.3) is 33.4 Å². The van der Waals surface area contributed by atoms with Gasteiger partial charge in [0.25, 0.3) is 17.7 Å². The van der Waals surface area contributed by atoms with Gasteiger partial charge in [-0.2, -0.15) is 0 Å². The summed E-state index contributed by atoms with van der Waals surface area (Å²) in [6, 6.07) is 18.4. The number of imide groups is 1. The monoisotopic (exact) mass is 985 g/mol. The molecule has 6 rings (SSSR count). The van der Waals surface area contributed by atoms with E-state index in [4.69, 9.17) is 9.25 Å². The summed E-state index contributed by atoms with van der Waals surface area (Å²) >= 11 is 0. The number of carbonyl (C=O) groups is 7. The van der Waals surface area contributed by atoms with E-state index in [0.717, 1.165) is 59.3 Å². The van der Waals surface area contributed by atoms with E-state index >= 15 is 0 Å². The van der Waals surface area contributed by atoms with Crippen LogP contribution in [0.15, 0.2) is 65.1 Å². The van der Waals surface area contributed by atoms with Gasteiger partial charge in [-0.1, -0.05) is 18.2 Å². The molecule has 376 valence electrons. The van der Waals surface area contributed by atoms with Gasteiger partial charge < -0.3 is 39.1 Å². The van der Waals surface area contributed by atoms with Gasteiger partial charge in [-0.15, -0.1) is 5.06 Å². The van der Waals surface area contributed by atoms with Gasteiger partial charge in [0.15, 0.2) is 0 Å². The third kappa shape index (κ3) is 13.3. The first-order valence-corrected chi connectivity index (χ1v) is 25.7. The first-order valence-electron chi connectivity index (χ1n) is 24.1. The highest BCUT2D eigenvalue weighted by molar-refractivity contribution is 7.85. The average molecular weight is 986 g/mol. The summed E-state index contributed by atoms with van der Waals surface area (Å²) in [6.45, 7) is 13.0. The Morgan fingerprint density at radius 2 is 1.46 bits per heavy atom. The number of unbranched alkanes of at least 4 members (excludes halogenated alkanes) is 2. The van der Waals surface area contributed by atoms with E-state index in [1.807, 2.05) is 24.3 Å². The molecule has 1 atom stereocenters. The first-order chi connectivity index (χ1) is 33.5. The highest BCUT2D eigenvalue weighted by Gasteiger charge is 2.33. The minimum atomic E-state index is -4.92. The smallest absolute Gasteiger partial charge is 0.333 e. The summed E-state index contributed by atoms with van der Waals surface area (Å²) in [5.74, 6) is -4.40. The molecular weight excluding hydrogens is 923 g/mol. The number of hydrogen-bond donors (Lipinski definition) is 2. The number of anilines is 1. The second kappa shape index (κ2) is 24.2. The molecule has 0 saturated carbocycles. The quantitative estimate of drug-likeness (QED) is 0.0377. The molecule has 0 radical (unpaired) electrons. The number of fused-ring (bicyclic) bond motifs is 2. The van der Waals surface area contributed by atoms with Crippen LogP contribution in [0.5, 0.6) is 0 Å². The molecule has 6 amide bonds. The van der Waals surface area contributed by atoms with Crippen LogP contribution < -0.4 is 25.5 Å². The highest BCUT2D eigenvalue weighted by Crippen LogP contribution is 2.42. The number of rotatable bonds is 22. The van der Waals surface area contributed by atoms with Crippen molar-refractivity contribution in [1.29, 1.82) is 0 Å². The van der Waals surface area contributed by atoms with Crippen LogP contribution >= 0.6 is 0 Å². The fraction of sp³-hybridized carbons (Fsp3) is 0.480. The van der Waals surface area contributed by atoms with E-state index in [9.17, 15) is 46.5 Å². The fourth-order valence-electron chi connectivity index (χ4n) is 8.85. The number of benzene rings is 3. The first kappa shape index (κ1) is 52.7. The van der Waals surface area contributed by atoms with Crippen LogP contribution in [0, 0.1) is 0 Å². The summed E-state index contributed by atoms with van der Waals surface area (Å²) in [7, 11) is -4.92. The largest absolute Gasteiger partial charge is 0.748 e. The second-order valence-corrected chi connectivity index (χ2v) is 18.7. The Hall–Kier alpha value is -6.67. The molecular formula is C50H63N7O12S. The molecule has 0 aromatic heterocycles. The molecule has 3 heterocycles. The van der Waals surface area contributed by atoms with Gasteiger partial charge >= 0.3 is 5.97 Å². The van der Waals surface area contributed by atoms with Crippen molar-refractivity contribution >= 4 is 68.2 Å². The van der Waals surface area contributed by atoms with Crippen LogP contribution in [-0.2, 0) is 43.7 Å². The van der Waals surface area contributed by atoms with Gasteiger partial charge in [0.1, 0.15) is 30.5 Å². The predicted octanol–water partition coefficient (Wildman–Crippen LogP) is 3.63. The molecule has 0 bridgehead atoms. The topological polar surface area (TPSA) is 239 Å². The van der Waals surface area contributed by atoms with Gasteiger partial charge in [-0.05, 0) is 83.2 Å². The normalized spacial score (nSPS) is 14.5. The van der Waals surface area contributed by atoms with Crippen molar-refractivity contribution in [2.45, 2.75) is 91.5 Å². The number of hydrogen-bond acceptors (Lipinski definition) is 13. The van der Waals surface area contributed by atoms with Crippen molar-refractivity contribution in [2.75, 3.05) is 69.6 Å². The van der Waals surface area contributed by atoms with Crippen molar-refractivity contribution in [1.82, 2.24) is 30.1 Å². The highest BCUT2D eigenvalue weighted by atomic mass is 32.2. The molecule has 19 nitrogen and oxygen atoms in total. The number of piperazine rings is 1. The van der Waals surface area contributed by atoms with Crippen LogP contribution in [0.2, 0.25) is 0 Å². The minimum absolute atomic E-state index is 0.0350. The summed E-state index contributed by atoms with van der Waals surface area (Å²) in [5, 5.41) is 7.10. The molecule has 1 aliphatic carbocycles. The van der Waals surface area contributed by atoms with Gasteiger partial charge in [-0.3, -0.25) is 28.8 Å². The number of nitrogens with one attached hydrogen (secondary N) is 2. The third-order valence-electron chi connectivity index (χ3n) is 12.7. The zero-order chi connectivity index (χ0) is 50.5. The van der Waals surface area contributed by atoms with Crippen LogP contribution in [0.3, 0.4) is 0 Å². The Kier molecular flexibility index (Phi) is 18.3. The molecule has 2 saturated heterocycles. The maximum atomic E-state index is 14.5. The van der Waals surface area contributed by atoms with E-state index in [1.54, 1.807) is 9.80 Å². The lowest BCUT2D eigenvalue weighted by atomic mass is 9.90. The Morgan fingerprint density at radius 1 is 0.800 bits per heavy atom. The Labute approximate surface area is 407 Å². The van der Waals surface area contributed by atoms with Crippen LogP contribution in [0.4, 0.5) is 5.69 Å². The van der Waals surface area contributed by atoms with Crippen molar-refractivity contribution in [3.8, 4) is 22.5 Å². The standard InChI is InChI=1S/C50H63N7O12S/c1-5-53(6-2)34-20-22-38-41(31-34)68-42-32-35(54(7-3)8-4)21-23-39(42)48(38)36-15-9-10-16-37(36)50(64)56-29-27-55(28-30-56)44(59)18-12-11-17-43(58)52-40(33-70(65,66)67)49(63)51-26-14-13-19-47(62)69-57-45(60)24-25-46(57)61/h9-10,15-16,20-23,31-32,40H,5-8,11-14,17-19,24-30,33H2,1-4H3,(H2-,51,52,58,63,65,66,67)/t40-/m0/s1. The van der Waals surface area contributed by atoms with Crippen molar-refractivity contribution in [3.63, 3.8) is 0 Å². The zero-order valence-electron chi connectivity index (χ0n) is 40.3. The van der Waals surface area contributed by atoms with Crippen molar-refractivity contribution < 1.29 is 55.8 Å². The molecule has 0 unspecified atom stereocenters. The molecule has 2 fully saturated rings. The van der Waals surface area contributed by atoms with E-state index < -0.39 is 51.5 Å². The molecule has 3 aliphatic heterocycles. The molecule has 0 spiro atoms. The predicted molar refractivity (Wildman–Crippen MR) is 260 cm³/mol. The Morgan fingerprint density at radius 3 is 2.13 bits per heavy atom. The lowest BCUT2D eigenvalue weighted by molar-refractivity contribution is -0.197. The lowest BCUT2D eigenvalue weighted by Gasteiger charge is -2.35. The minimum Gasteiger partial charge on any atom is -0.748 e. The van der Waals surface area contributed by atoms with E-state index in [1.165, 1.54) is 0 Å². The lowest BCUT2D eigenvalue weighted by Crippen LogP contribution is -2.50. The summed E-state index contributed by atoms with van der Waals surface area (Å²) in [6.07, 6.45) is 0.675. The molecule has 20 heteroatoms. The fourth-order valence-corrected chi connectivity index (χ4v) is 9.50. The van der Waals surface area contributed by atoms with E-state index in [2.05, 4.69) is 84.2 Å². The van der Waals surface area contributed by atoms with Gasteiger partial charge in [0.05, 0.1) is 21.9 Å². The van der Waals surface area contributed by atoms with E-state index in [0.29, 0.717) is 54.6 Å². The maximum absolute atomic E-state index is 14.5. The Balaban J connectivity index is 1.02. The number of amides is 6. The molecule has 70 heavy (non-hydrogen) atoms.